The van der Waals surface area contributed by atoms with Gasteiger partial charge < -0.3 is 5.73 Å². The number of nitrogen functional groups attached to an aromatic ring is 1. The average Bonchev–Trinajstić information content (AvgIpc) is 2.73. The van der Waals surface area contributed by atoms with Crippen LogP contribution in [0.25, 0.3) is 11.3 Å². The third kappa shape index (κ3) is 2.26. The summed E-state index contributed by atoms with van der Waals surface area (Å²) in [4.78, 5) is 13.0. The zero-order valence-corrected chi connectivity index (χ0v) is 12.2. The standard InChI is InChI=1S/C18H13FN4/c19-15-8-4-3-7-14(15)17-13-6-2-1-5-12(13)16-11(9-21-17)10-22-18(20)23-16/h1-8,10H,9H2,(H2,20,22,23). The summed E-state index contributed by atoms with van der Waals surface area (Å²) in [5, 5.41) is 0. The second-order valence-electron chi connectivity index (χ2n) is 5.29. The first-order chi connectivity index (χ1) is 11.2. The Balaban J connectivity index is 2.00. The number of aromatic nitrogens is 2. The molecule has 112 valence electrons. The minimum atomic E-state index is -0.294. The molecular formula is C18H13FN4. The van der Waals surface area contributed by atoms with Gasteiger partial charge in [0.1, 0.15) is 5.82 Å². The van der Waals surface area contributed by atoms with Gasteiger partial charge in [-0.25, -0.2) is 14.4 Å². The van der Waals surface area contributed by atoms with Crippen LogP contribution in [0.5, 0.6) is 0 Å². The number of anilines is 1. The van der Waals surface area contributed by atoms with Crippen LogP contribution in [0, 0.1) is 5.82 Å². The number of fused-ring (bicyclic) bond motifs is 3. The first-order valence-electron chi connectivity index (χ1n) is 7.24. The molecule has 2 heterocycles. The summed E-state index contributed by atoms with van der Waals surface area (Å²) in [5.41, 5.74) is 10.2. The van der Waals surface area contributed by atoms with Crippen molar-refractivity contribution in [1.29, 1.82) is 0 Å². The van der Waals surface area contributed by atoms with Gasteiger partial charge in [-0.15, -0.1) is 0 Å². The monoisotopic (exact) mass is 304 g/mol. The Bertz CT molecular complexity index is 934. The molecule has 2 aromatic carbocycles. The average molecular weight is 304 g/mol. The van der Waals surface area contributed by atoms with E-state index in [1.54, 1.807) is 24.4 Å². The van der Waals surface area contributed by atoms with Gasteiger partial charge in [-0.3, -0.25) is 4.99 Å². The van der Waals surface area contributed by atoms with E-state index in [9.17, 15) is 4.39 Å². The van der Waals surface area contributed by atoms with E-state index in [1.165, 1.54) is 6.07 Å². The number of nitrogens with zero attached hydrogens (tertiary/aromatic N) is 3. The van der Waals surface area contributed by atoms with E-state index in [1.807, 2.05) is 24.3 Å². The molecule has 0 aliphatic carbocycles. The first-order valence-corrected chi connectivity index (χ1v) is 7.24. The normalized spacial score (nSPS) is 12.8. The molecule has 0 atom stereocenters. The van der Waals surface area contributed by atoms with Crippen LogP contribution in [0.3, 0.4) is 0 Å². The van der Waals surface area contributed by atoms with Crippen molar-refractivity contribution in [2.24, 2.45) is 4.99 Å². The van der Waals surface area contributed by atoms with Crippen LogP contribution in [0.4, 0.5) is 10.3 Å². The van der Waals surface area contributed by atoms with Gasteiger partial charge in [0.25, 0.3) is 0 Å². The van der Waals surface area contributed by atoms with Gasteiger partial charge >= 0.3 is 0 Å². The summed E-state index contributed by atoms with van der Waals surface area (Å²) in [6, 6.07) is 14.4. The molecule has 0 saturated heterocycles. The lowest BCUT2D eigenvalue weighted by Gasteiger charge is -2.11. The third-order valence-electron chi connectivity index (χ3n) is 3.86. The van der Waals surface area contributed by atoms with Crippen molar-refractivity contribution < 1.29 is 4.39 Å². The van der Waals surface area contributed by atoms with Crippen molar-refractivity contribution in [3.05, 3.63) is 77.2 Å². The largest absolute Gasteiger partial charge is 0.368 e. The number of halogens is 1. The number of nitrogens with two attached hydrogens (primary N) is 1. The van der Waals surface area contributed by atoms with E-state index in [0.717, 1.165) is 22.4 Å². The minimum Gasteiger partial charge on any atom is -0.368 e. The van der Waals surface area contributed by atoms with Gasteiger partial charge in [-0.05, 0) is 12.1 Å². The first kappa shape index (κ1) is 13.6. The van der Waals surface area contributed by atoms with Gasteiger partial charge in [0.15, 0.2) is 0 Å². The number of hydrogen-bond donors (Lipinski definition) is 1. The Hall–Kier alpha value is -3.08. The van der Waals surface area contributed by atoms with Crippen molar-refractivity contribution in [2.45, 2.75) is 6.54 Å². The molecule has 0 fully saturated rings. The molecule has 0 amide bonds. The highest BCUT2D eigenvalue weighted by molar-refractivity contribution is 6.16. The van der Waals surface area contributed by atoms with Crippen molar-refractivity contribution >= 4 is 11.7 Å². The summed E-state index contributed by atoms with van der Waals surface area (Å²) in [6.07, 6.45) is 1.68. The molecular weight excluding hydrogens is 291 g/mol. The van der Waals surface area contributed by atoms with E-state index in [-0.39, 0.29) is 11.8 Å². The summed E-state index contributed by atoms with van der Waals surface area (Å²) in [6.45, 7) is 0.383. The summed E-state index contributed by atoms with van der Waals surface area (Å²) in [7, 11) is 0. The molecule has 23 heavy (non-hydrogen) atoms. The highest BCUT2D eigenvalue weighted by Crippen LogP contribution is 2.31. The molecule has 0 radical (unpaired) electrons. The number of hydrogen-bond acceptors (Lipinski definition) is 4. The molecule has 3 aromatic rings. The van der Waals surface area contributed by atoms with Gasteiger partial charge in [-0.2, -0.15) is 0 Å². The summed E-state index contributed by atoms with van der Waals surface area (Å²) < 4.78 is 14.3. The van der Waals surface area contributed by atoms with Crippen molar-refractivity contribution in [3.63, 3.8) is 0 Å². The van der Waals surface area contributed by atoms with E-state index < -0.39 is 0 Å². The molecule has 0 bridgehead atoms. The Kier molecular flexibility index (Phi) is 3.12. The van der Waals surface area contributed by atoms with E-state index in [2.05, 4.69) is 15.0 Å². The molecule has 4 nitrogen and oxygen atoms in total. The Morgan fingerprint density at radius 1 is 0.913 bits per heavy atom. The topological polar surface area (TPSA) is 64.2 Å². The maximum absolute atomic E-state index is 14.3. The third-order valence-corrected chi connectivity index (χ3v) is 3.86. The Labute approximate surface area is 132 Å². The van der Waals surface area contributed by atoms with Gasteiger partial charge in [-0.1, -0.05) is 36.4 Å². The zero-order valence-electron chi connectivity index (χ0n) is 12.2. The zero-order chi connectivity index (χ0) is 15.8. The van der Waals surface area contributed by atoms with Crippen LogP contribution < -0.4 is 5.73 Å². The van der Waals surface area contributed by atoms with Crippen LogP contribution in [-0.2, 0) is 6.54 Å². The number of rotatable bonds is 1. The number of benzene rings is 2. The van der Waals surface area contributed by atoms with Gasteiger partial charge in [0, 0.05) is 28.5 Å². The fraction of sp³-hybridized carbons (Fsp3) is 0.0556. The minimum absolute atomic E-state index is 0.216. The fourth-order valence-electron chi connectivity index (χ4n) is 2.80. The summed E-state index contributed by atoms with van der Waals surface area (Å²) >= 11 is 0. The quantitative estimate of drug-likeness (QED) is 0.750. The molecule has 0 saturated carbocycles. The van der Waals surface area contributed by atoms with Crippen LogP contribution in [0.2, 0.25) is 0 Å². The molecule has 5 heteroatoms. The highest BCUT2D eigenvalue weighted by atomic mass is 19.1. The van der Waals surface area contributed by atoms with Crippen LogP contribution in [-0.4, -0.2) is 15.7 Å². The molecule has 0 unspecified atom stereocenters. The smallest absolute Gasteiger partial charge is 0.220 e. The predicted molar refractivity (Wildman–Crippen MR) is 87.6 cm³/mol. The van der Waals surface area contributed by atoms with E-state index in [0.29, 0.717) is 17.8 Å². The Morgan fingerprint density at radius 3 is 2.39 bits per heavy atom. The summed E-state index contributed by atoms with van der Waals surface area (Å²) in [5.74, 6) is -0.0782. The van der Waals surface area contributed by atoms with Crippen molar-refractivity contribution in [3.8, 4) is 11.3 Å². The lowest BCUT2D eigenvalue weighted by molar-refractivity contribution is 0.625. The SMILES string of the molecule is Nc1ncc2c(n1)-c1ccccc1C(c1ccccc1F)=NC2. The number of aliphatic imine (C=N–C) groups is 1. The fourth-order valence-corrected chi connectivity index (χ4v) is 2.80. The lowest BCUT2D eigenvalue weighted by Crippen LogP contribution is -2.07. The lowest BCUT2D eigenvalue weighted by atomic mass is 9.95. The predicted octanol–water partition coefficient (Wildman–Crippen LogP) is 3.22. The maximum atomic E-state index is 14.3. The van der Waals surface area contributed by atoms with Crippen molar-refractivity contribution in [1.82, 2.24) is 9.97 Å². The highest BCUT2D eigenvalue weighted by Gasteiger charge is 2.21. The Morgan fingerprint density at radius 2 is 1.61 bits per heavy atom. The van der Waals surface area contributed by atoms with Crippen LogP contribution >= 0.6 is 0 Å². The molecule has 1 aromatic heterocycles. The second kappa shape index (κ2) is 5.28. The molecule has 1 aliphatic heterocycles. The van der Waals surface area contributed by atoms with E-state index >= 15 is 0 Å². The van der Waals surface area contributed by atoms with Gasteiger partial charge in [0.05, 0.1) is 18.0 Å². The van der Waals surface area contributed by atoms with Crippen molar-refractivity contribution in [2.75, 3.05) is 5.73 Å². The molecule has 1 aliphatic rings. The van der Waals surface area contributed by atoms with Gasteiger partial charge in [0.2, 0.25) is 5.95 Å². The molecule has 2 N–H and O–H groups in total. The molecule has 4 rings (SSSR count). The van der Waals surface area contributed by atoms with Crippen LogP contribution in [0.1, 0.15) is 16.7 Å². The van der Waals surface area contributed by atoms with Crippen LogP contribution in [0.15, 0.2) is 59.7 Å². The second-order valence-corrected chi connectivity index (χ2v) is 5.29. The molecule has 0 spiro atoms. The van der Waals surface area contributed by atoms with E-state index in [4.69, 9.17) is 5.73 Å². The maximum Gasteiger partial charge on any atom is 0.220 e.